The number of carbonyl (C=O) groups is 2. The van der Waals surface area contributed by atoms with Crippen LogP contribution in [0.15, 0.2) is 28.7 Å². The molecule has 0 aliphatic rings. The second-order valence-electron chi connectivity index (χ2n) is 5.68. The third-order valence-corrected chi connectivity index (χ3v) is 4.15. The van der Waals surface area contributed by atoms with Crippen LogP contribution in [0.3, 0.4) is 0 Å². The predicted molar refractivity (Wildman–Crippen MR) is 86.0 cm³/mol. The Morgan fingerprint density at radius 1 is 1.26 bits per heavy atom. The number of hydrogen-bond acceptors (Lipinski definition) is 4. The molecule has 6 heteroatoms. The number of fused-ring (bicyclic) bond motifs is 1. The van der Waals surface area contributed by atoms with E-state index in [0.29, 0.717) is 30.7 Å². The summed E-state index contributed by atoms with van der Waals surface area (Å²) in [5, 5.41) is 11.9. The first kappa shape index (κ1) is 17.0. The van der Waals surface area contributed by atoms with Crippen LogP contribution >= 0.6 is 0 Å². The van der Waals surface area contributed by atoms with Gasteiger partial charge in [-0.25, -0.2) is 4.98 Å². The lowest BCUT2D eigenvalue weighted by Gasteiger charge is -2.31. The number of para-hydroxylation sites is 2. The molecule has 1 amide bonds. The number of aliphatic carboxylic acids is 1. The minimum absolute atomic E-state index is 0.0748. The molecule has 0 bridgehead atoms. The quantitative estimate of drug-likeness (QED) is 0.780. The average molecular weight is 318 g/mol. The van der Waals surface area contributed by atoms with E-state index in [1.54, 1.807) is 0 Å². The maximum absolute atomic E-state index is 12.2. The Hall–Kier alpha value is -2.37. The van der Waals surface area contributed by atoms with E-state index in [4.69, 9.17) is 9.52 Å². The number of nitrogens with one attached hydrogen (secondary N) is 1. The predicted octanol–water partition coefficient (Wildman–Crippen LogP) is 2.91. The number of aryl methyl sites for hydroxylation is 1. The Morgan fingerprint density at radius 2 is 1.96 bits per heavy atom. The number of benzene rings is 1. The van der Waals surface area contributed by atoms with Crippen LogP contribution in [0.25, 0.3) is 11.1 Å². The first-order chi connectivity index (χ1) is 11.0. The number of rotatable bonds is 8. The Labute approximate surface area is 134 Å². The Morgan fingerprint density at radius 3 is 2.57 bits per heavy atom. The maximum Gasteiger partial charge on any atom is 0.305 e. The molecule has 0 atom stereocenters. The zero-order chi connectivity index (χ0) is 16.9. The summed E-state index contributed by atoms with van der Waals surface area (Å²) in [5.41, 5.74) is 0.778. The van der Waals surface area contributed by atoms with Gasteiger partial charge in [0, 0.05) is 18.4 Å². The maximum atomic E-state index is 12.2. The van der Waals surface area contributed by atoms with Crippen LogP contribution in [0.2, 0.25) is 0 Å². The number of hydrogen-bond donors (Lipinski definition) is 2. The molecule has 23 heavy (non-hydrogen) atoms. The highest BCUT2D eigenvalue weighted by Crippen LogP contribution is 2.21. The molecular weight excluding hydrogens is 296 g/mol. The summed E-state index contributed by atoms with van der Waals surface area (Å²) in [6.45, 7) is 3.76. The highest BCUT2D eigenvalue weighted by atomic mass is 16.4. The second-order valence-corrected chi connectivity index (χ2v) is 5.68. The number of carboxylic acids is 1. The SMILES string of the molecule is CCC(CC)(CC(=O)O)NC(=O)CCc1nc2ccccc2o1. The van der Waals surface area contributed by atoms with Crippen LogP contribution in [0.5, 0.6) is 0 Å². The van der Waals surface area contributed by atoms with Gasteiger partial charge in [-0.05, 0) is 25.0 Å². The van der Waals surface area contributed by atoms with Crippen molar-refractivity contribution in [3.05, 3.63) is 30.2 Å². The van der Waals surface area contributed by atoms with Gasteiger partial charge in [-0.15, -0.1) is 0 Å². The van der Waals surface area contributed by atoms with Crippen LogP contribution in [-0.4, -0.2) is 27.5 Å². The minimum Gasteiger partial charge on any atom is -0.481 e. The lowest BCUT2D eigenvalue weighted by molar-refractivity contribution is -0.139. The van der Waals surface area contributed by atoms with Crippen LogP contribution < -0.4 is 5.32 Å². The highest BCUT2D eigenvalue weighted by molar-refractivity contribution is 5.78. The van der Waals surface area contributed by atoms with Crippen molar-refractivity contribution in [3.8, 4) is 0 Å². The zero-order valence-electron chi connectivity index (χ0n) is 13.5. The molecule has 6 nitrogen and oxygen atoms in total. The topological polar surface area (TPSA) is 92.4 Å². The van der Waals surface area contributed by atoms with E-state index < -0.39 is 11.5 Å². The van der Waals surface area contributed by atoms with E-state index in [2.05, 4.69) is 10.3 Å². The molecule has 1 aromatic carbocycles. The normalized spacial score (nSPS) is 11.6. The van der Waals surface area contributed by atoms with E-state index >= 15 is 0 Å². The van der Waals surface area contributed by atoms with Gasteiger partial charge in [0.1, 0.15) is 5.52 Å². The molecule has 0 unspecified atom stereocenters. The number of oxazole rings is 1. The summed E-state index contributed by atoms with van der Waals surface area (Å²) in [6, 6.07) is 7.43. The number of amides is 1. The molecule has 0 saturated heterocycles. The molecular formula is C17H22N2O4. The summed E-state index contributed by atoms with van der Waals surface area (Å²) in [7, 11) is 0. The molecule has 2 rings (SSSR count). The summed E-state index contributed by atoms with van der Waals surface area (Å²) >= 11 is 0. The number of aromatic nitrogens is 1. The van der Waals surface area contributed by atoms with Crippen LogP contribution in [0, 0.1) is 0 Å². The molecule has 0 fully saturated rings. The van der Waals surface area contributed by atoms with Crippen molar-refractivity contribution in [2.24, 2.45) is 0 Å². The van der Waals surface area contributed by atoms with Crippen LogP contribution in [0.4, 0.5) is 0 Å². The summed E-state index contributed by atoms with van der Waals surface area (Å²) in [5.74, 6) is -0.580. The van der Waals surface area contributed by atoms with Crippen molar-refractivity contribution >= 4 is 23.0 Å². The largest absolute Gasteiger partial charge is 0.481 e. The molecule has 0 aliphatic heterocycles. The Bertz CT molecular complexity index is 656. The third-order valence-electron chi connectivity index (χ3n) is 4.15. The van der Waals surface area contributed by atoms with Gasteiger partial charge < -0.3 is 14.8 Å². The fourth-order valence-corrected chi connectivity index (χ4v) is 2.62. The highest BCUT2D eigenvalue weighted by Gasteiger charge is 2.30. The fourth-order valence-electron chi connectivity index (χ4n) is 2.62. The van der Waals surface area contributed by atoms with Crippen molar-refractivity contribution in [2.45, 2.75) is 51.5 Å². The van der Waals surface area contributed by atoms with E-state index in [1.165, 1.54) is 0 Å². The van der Waals surface area contributed by atoms with Crippen LogP contribution in [0.1, 0.15) is 45.4 Å². The molecule has 0 spiro atoms. The molecule has 2 aromatic rings. The van der Waals surface area contributed by atoms with E-state index in [1.807, 2.05) is 38.1 Å². The lowest BCUT2D eigenvalue weighted by Crippen LogP contribution is -2.49. The molecule has 124 valence electrons. The average Bonchev–Trinajstić information content (AvgIpc) is 2.94. The van der Waals surface area contributed by atoms with E-state index in [9.17, 15) is 9.59 Å². The van der Waals surface area contributed by atoms with Gasteiger partial charge in [-0.3, -0.25) is 9.59 Å². The molecule has 1 heterocycles. The van der Waals surface area contributed by atoms with Gasteiger partial charge in [-0.1, -0.05) is 26.0 Å². The summed E-state index contributed by atoms with van der Waals surface area (Å²) in [4.78, 5) is 27.5. The van der Waals surface area contributed by atoms with Crippen molar-refractivity contribution in [1.82, 2.24) is 10.3 Å². The second kappa shape index (κ2) is 7.26. The summed E-state index contributed by atoms with van der Waals surface area (Å²) in [6.07, 6.45) is 1.68. The zero-order valence-corrected chi connectivity index (χ0v) is 13.5. The van der Waals surface area contributed by atoms with E-state index in [0.717, 1.165) is 5.52 Å². The number of nitrogens with zero attached hydrogens (tertiary/aromatic N) is 1. The monoisotopic (exact) mass is 318 g/mol. The van der Waals surface area contributed by atoms with Crippen LogP contribution in [-0.2, 0) is 16.0 Å². The minimum atomic E-state index is -0.909. The molecule has 0 aliphatic carbocycles. The van der Waals surface area contributed by atoms with Gasteiger partial charge in [0.25, 0.3) is 0 Å². The molecule has 2 N–H and O–H groups in total. The molecule has 0 radical (unpaired) electrons. The van der Waals surface area contributed by atoms with Crippen molar-refractivity contribution in [3.63, 3.8) is 0 Å². The van der Waals surface area contributed by atoms with E-state index in [-0.39, 0.29) is 18.7 Å². The first-order valence-corrected chi connectivity index (χ1v) is 7.85. The number of carboxylic acid groups (broad SMARTS) is 1. The fraction of sp³-hybridized carbons (Fsp3) is 0.471. The summed E-state index contributed by atoms with van der Waals surface area (Å²) < 4.78 is 5.58. The van der Waals surface area contributed by atoms with Crippen molar-refractivity contribution in [2.75, 3.05) is 0 Å². The van der Waals surface area contributed by atoms with Gasteiger partial charge in [0.2, 0.25) is 5.91 Å². The third kappa shape index (κ3) is 4.31. The number of carbonyl (C=O) groups excluding carboxylic acids is 1. The van der Waals surface area contributed by atoms with Gasteiger partial charge in [-0.2, -0.15) is 0 Å². The van der Waals surface area contributed by atoms with Crippen molar-refractivity contribution < 1.29 is 19.1 Å². The van der Waals surface area contributed by atoms with Gasteiger partial charge in [0.05, 0.1) is 6.42 Å². The standard InChI is InChI=1S/C17H22N2O4/c1-3-17(4-2,11-16(21)22)19-14(20)9-10-15-18-12-7-5-6-8-13(12)23-15/h5-8H,3-4,9-11H2,1-2H3,(H,19,20)(H,21,22). The van der Waals surface area contributed by atoms with Gasteiger partial charge in [0.15, 0.2) is 11.5 Å². The Kier molecular flexibility index (Phi) is 5.36. The lowest BCUT2D eigenvalue weighted by atomic mass is 9.88. The van der Waals surface area contributed by atoms with Crippen molar-refractivity contribution in [1.29, 1.82) is 0 Å². The van der Waals surface area contributed by atoms with Gasteiger partial charge >= 0.3 is 5.97 Å². The smallest absolute Gasteiger partial charge is 0.305 e. The molecule has 0 saturated carbocycles. The molecule has 1 aromatic heterocycles. The Balaban J connectivity index is 1.96. The first-order valence-electron chi connectivity index (χ1n) is 7.85.